The smallest absolute Gasteiger partial charge is 0.306 e. The van der Waals surface area contributed by atoms with E-state index < -0.39 is 4.92 Å². The van der Waals surface area contributed by atoms with Crippen molar-refractivity contribution in [2.75, 3.05) is 7.11 Å². The molecule has 0 atom stereocenters. The third-order valence-corrected chi connectivity index (χ3v) is 3.60. The van der Waals surface area contributed by atoms with Crippen LogP contribution in [0.2, 0.25) is 0 Å². The number of benzene rings is 2. The van der Waals surface area contributed by atoms with Gasteiger partial charge in [0.15, 0.2) is 0 Å². The average molecular weight is 363 g/mol. The van der Waals surface area contributed by atoms with E-state index in [0.717, 1.165) is 0 Å². The van der Waals surface area contributed by atoms with E-state index in [-0.39, 0.29) is 35.9 Å². The molecule has 0 bridgehead atoms. The largest absolute Gasteiger partial charge is 0.469 e. The summed E-state index contributed by atoms with van der Waals surface area (Å²) in [6.45, 7) is 0. The number of nitro benzene ring substituents is 1. The van der Waals surface area contributed by atoms with Gasteiger partial charge in [-0.05, 0) is 23.8 Å². The fourth-order valence-electron chi connectivity index (χ4n) is 2.19. The Bertz CT molecular complexity index is 919. The van der Waals surface area contributed by atoms with Gasteiger partial charge in [0.25, 0.3) is 5.69 Å². The minimum atomic E-state index is -0.490. The maximum atomic E-state index is 12.7. The molecule has 27 heavy (non-hydrogen) atoms. The van der Waals surface area contributed by atoms with Crippen LogP contribution in [0.1, 0.15) is 28.8 Å². The molecule has 0 saturated heterocycles. The predicted molar refractivity (Wildman–Crippen MR) is 101 cm³/mol. The first-order valence-electron chi connectivity index (χ1n) is 8.13. The van der Waals surface area contributed by atoms with E-state index in [9.17, 15) is 19.7 Å². The number of methoxy groups -OCH3 is 1. The van der Waals surface area contributed by atoms with Crippen molar-refractivity contribution in [1.82, 2.24) is 0 Å². The van der Waals surface area contributed by atoms with Crippen LogP contribution in [-0.4, -0.2) is 23.8 Å². The van der Waals surface area contributed by atoms with Gasteiger partial charge in [-0.2, -0.15) is 0 Å². The highest BCUT2D eigenvalue weighted by molar-refractivity contribution is 6.14. The number of rotatable bonds is 6. The van der Waals surface area contributed by atoms with Crippen molar-refractivity contribution in [2.24, 2.45) is 0 Å². The molecular weight excluding hydrogens is 346 g/mol. The van der Waals surface area contributed by atoms with Crippen molar-refractivity contribution < 1.29 is 19.2 Å². The lowest BCUT2D eigenvalue weighted by atomic mass is 10.0. The number of carbonyl (C=O) groups is 2. The van der Waals surface area contributed by atoms with Crippen molar-refractivity contribution in [2.45, 2.75) is 12.8 Å². The molecule has 0 saturated carbocycles. The molecular formula is C21H17NO5. The maximum absolute atomic E-state index is 12.7. The number of allylic oxidation sites excluding steroid dienone is 1. The Morgan fingerprint density at radius 1 is 1.11 bits per heavy atom. The number of Topliss-reactive ketones (excluding diaryl/α,β-unsaturated/α-hetero) is 1. The lowest BCUT2D eigenvalue weighted by molar-refractivity contribution is -0.384. The van der Waals surface area contributed by atoms with Crippen molar-refractivity contribution in [1.29, 1.82) is 0 Å². The standard InChI is InChI=1S/C21H17NO5/c1-27-20(23)10-6-5-9-18(21(24)17-7-3-2-4-8-17)15-16-11-13-19(14-12-16)22(25)26/h2-4,7-8,11-15H,6,10H2,1H3/b18-15+. The van der Waals surface area contributed by atoms with Gasteiger partial charge in [0, 0.05) is 24.1 Å². The summed E-state index contributed by atoms with van der Waals surface area (Å²) in [5.41, 5.74) is 1.29. The van der Waals surface area contributed by atoms with E-state index in [1.54, 1.807) is 48.5 Å². The van der Waals surface area contributed by atoms with Crippen molar-refractivity contribution in [3.05, 3.63) is 81.4 Å². The molecule has 0 amide bonds. The molecule has 2 aromatic carbocycles. The number of ketones is 1. The summed E-state index contributed by atoms with van der Waals surface area (Å²) >= 11 is 0. The van der Waals surface area contributed by atoms with Crippen molar-refractivity contribution >= 4 is 23.5 Å². The van der Waals surface area contributed by atoms with Crippen LogP contribution in [0.4, 0.5) is 5.69 Å². The number of carbonyl (C=O) groups excluding carboxylic acids is 2. The molecule has 2 aromatic rings. The number of nitro groups is 1. The van der Waals surface area contributed by atoms with Gasteiger partial charge in [0.2, 0.25) is 5.78 Å². The van der Waals surface area contributed by atoms with Gasteiger partial charge in [-0.15, -0.1) is 0 Å². The number of ether oxygens (including phenoxy) is 1. The molecule has 0 aliphatic rings. The molecule has 2 rings (SSSR count). The maximum Gasteiger partial charge on any atom is 0.306 e. The molecule has 0 unspecified atom stereocenters. The second-order valence-corrected chi connectivity index (χ2v) is 5.48. The van der Waals surface area contributed by atoms with Crippen LogP contribution < -0.4 is 0 Å². The van der Waals surface area contributed by atoms with E-state index in [0.29, 0.717) is 11.1 Å². The number of hydrogen-bond donors (Lipinski definition) is 0. The van der Waals surface area contributed by atoms with Crippen LogP contribution in [0.3, 0.4) is 0 Å². The Kier molecular flexibility index (Phi) is 7.03. The van der Waals surface area contributed by atoms with Gasteiger partial charge in [-0.25, -0.2) is 0 Å². The van der Waals surface area contributed by atoms with Gasteiger partial charge < -0.3 is 4.74 Å². The van der Waals surface area contributed by atoms with Crippen LogP contribution in [-0.2, 0) is 9.53 Å². The zero-order valence-corrected chi connectivity index (χ0v) is 14.7. The number of esters is 1. The van der Waals surface area contributed by atoms with Gasteiger partial charge in [-0.3, -0.25) is 19.7 Å². The molecule has 6 nitrogen and oxygen atoms in total. The topological polar surface area (TPSA) is 86.5 Å². The van der Waals surface area contributed by atoms with Crippen LogP contribution in [0.5, 0.6) is 0 Å². The highest BCUT2D eigenvalue weighted by Crippen LogP contribution is 2.16. The average Bonchev–Trinajstić information content (AvgIpc) is 2.70. The first-order chi connectivity index (χ1) is 13.0. The zero-order valence-electron chi connectivity index (χ0n) is 14.7. The Balaban J connectivity index is 2.31. The van der Waals surface area contributed by atoms with Crippen LogP contribution in [0, 0.1) is 22.0 Å². The highest BCUT2D eigenvalue weighted by atomic mass is 16.6. The molecule has 0 aliphatic heterocycles. The first-order valence-corrected chi connectivity index (χ1v) is 8.13. The highest BCUT2D eigenvalue weighted by Gasteiger charge is 2.11. The zero-order chi connectivity index (χ0) is 19.6. The summed E-state index contributed by atoms with van der Waals surface area (Å²) in [4.78, 5) is 34.2. The summed E-state index contributed by atoms with van der Waals surface area (Å²) in [6, 6.07) is 14.5. The Morgan fingerprint density at radius 2 is 1.78 bits per heavy atom. The molecule has 0 aromatic heterocycles. The molecule has 136 valence electrons. The third-order valence-electron chi connectivity index (χ3n) is 3.60. The fraction of sp³-hybridized carbons (Fsp3) is 0.143. The quantitative estimate of drug-likeness (QED) is 0.194. The Hall–Kier alpha value is -3.72. The lowest BCUT2D eigenvalue weighted by Crippen LogP contribution is -2.02. The fourth-order valence-corrected chi connectivity index (χ4v) is 2.19. The summed E-state index contributed by atoms with van der Waals surface area (Å²) in [5.74, 6) is 4.97. The van der Waals surface area contributed by atoms with Gasteiger partial charge in [0.05, 0.1) is 24.0 Å². The molecule has 0 aliphatic carbocycles. The lowest BCUT2D eigenvalue weighted by Gasteiger charge is -2.01. The Morgan fingerprint density at radius 3 is 2.37 bits per heavy atom. The summed E-state index contributed by atoms with van der Waals surface area (Å²) in [7, 11) is 1.30. The van der Waals surface area contributed by atoms with E-state index in [1.165, 1.54) is 19.2 Å². The SMILES string of the molecule is COC(=O)CCC#C/C(=C\c1ccc([N+](=O)[O-])cc1)C(=O)c1ccccc1. The minimum absolute atomic E-state index is 0.0350. The first kappa shape index (κ1) is 19.6. The second kappa shape index (κ2) is 9.68. The predicted octanol–water partition coefficient (Wildman–Crippen LogP) is 3.82. The van der Waals surface area contributed by atoms with Crippen molar-refractivity contribution in [3.8, 4) is 11.8 Å². The van der Waals surface area contributed by atoms with Crippen LogP contribution in [0.25, 0.3) is 6.08 Å². The van der Waals surface area contributed by atoms with Crippen molar-refractivity contribution in [3.63, 3.8) is 0 Å². The van der Waals surface area contributed by atoms with Crippen LogP contribution in [0.15, 0.2) is 60.2 Å². The van der Waals surface area contributed by atoms with E-state index in [1.807, 2.05) is 0 Å². The number of hydrogen-bond acceptors (Lipinski definition) is 5. The molecule has 0 N–H and O–H groups in total. The third kappa shape index (κ3) is 5.94. The number of non-ortho nitro benzene ring substituents is 1. The molecule has 0 fully saturated rings. The molecule has 0 heterocycles. The minimum Gasteiger partial charge on any atom is -0.469 e. The Labute approximate surface area is 156 Å². The van der Waals surface area contributed by atoms with Gasteiger partial charge in [-0.1, -0.05) is 42.2 Å². The second-order valence-electron chi connectivity index (χ2n) is 5.48. The molecule has 0 radical (unpaired) electrons. The summed E-state index contributed by atoms with van der Waals surface area (Å²) in [6.07, 6.45) is 1.96. The van der Waals surface area contributed by atoms with Gasteiger partial charge in [0.1, 0.15) is 0 Å². The van der Waals surface area contributed by atoms with E-state index in [4.69, 9.17) is 0 Å². The van der Waals surface area contributed by atoms with E-state index in [2.05, 4.69) is 16.6 Å². The van der Waals surface area contributed by atoms with Crippen LogP contribution >= 0.6 is 0 Å². The monoisotopic (exact) mass is 363 g/mol. The van der Waals surface area contributed by atoms with E-state index >= 15 is 0 Å². The summed E-state index contributed by atoms with van der Waals surface area (Å²) in [5, 5.41) is 10.8. The van der Waals surface area contributed by atoms with Gasteiger partial charge >= 0.3 is 5.97 Å². The molecule has 6 heteroatoms. The summed E-state index contributed by atoms with van der Waals surface area (Å²) < 4.78 is 4.56. The number of nitrogens with zero attached hydrogens (tertiary/aromatic N) is 1. The normalized spacial score (nSPS) is 10.5. The molecule has 0 spiro atoms.